The predicted octanol–water partition coefficient (Wildman–Crippen LogP) is 3.67. The Labute approximate surface area is 117 Å². The Morgan fingerprint density at radius 2 is 1.80 bits per heavy atom. The minimum atomic E-state index is -0.511. The Bertz CT molecular complexity index is 773. The average Bonchev–Trinajstić information content (AvgIpc) is 2.70. The van der Waals surface area contributed by atoms with Gasteiger partial charge in [0.05, 0.1) is 9.82 Å². The van der Waals surface area contributed by atoms with Crippen molar-refractivity contribution in [3.63, 3.8) is 0 Å². The van der Waals surface area contributed by atoms with Gasteiger partial charge in [-0.1, -0.05) is 6.07 Å². The van der Waals surface area contributed by atoms with E-state index in [0.717, 1.165) is 0 Å². The summed E-state index contributed by atoms with van der Waals surface area (Å²) in [7, 11) is 0. The number of ketones is 1. The van der Waals surface area contributed by atoms with Crippen molar-refractivity contribution in [2.75, 3.05) is 6.26 Å². The molecule has 0 saturated carbocycles. The normalized spacial score (nSPS) is 12.2. The van der Waals surface area contributed by atoms with Crippen molar-refractivity contribution in [1.82, 2.24) is 0 Å². The first-order valence-electron chi connectivity index (χ1n) is 5.74. The third-order valence-corrected chi connectivity index (χ3v) is 4.04. The molecule has 0 fully saturated rings. The molecule has 3 rings (SSSR count). The Balaban J connectivity index is 2.30. The van der Waals surface area contributed by atoms with Gasteiger partial charge in [0.2, 0.25) is 0 Å². The molecule has 2 aromatic rings. The predicted molar refractivity (Wildman–Crippen MR) is 73.7 cm³/mol. The van der Waals surface area contributed by atoms with Crippen LogP contribution in [0, 0.1) is 15.9 Å². The van der Waals surface area contributed by atoms with E-state index in [1.807, 2.05) is 0 Å². The molecule has 100 valence electrons. The molecule has 0 amide bonds. The first kappa shape index (κ1) is 12.8. The highest BCUT2D eigenvalue weighted by Crippen LogP contribution is 2.42. The Hall–Kier alpha value is -2.21. The SMILES string of the molecule is CSc1cc2c(cc1[N+](=O)[O-])C(=O)c1cc(F)ccc1-2. The largest absolute Gasteiger partial charge is 0.289 e. The van der Waals surface area contributed by atoms with Gasteiger partial charge < -0.3 is 0 Å². The fourth-order valence-corrected chi connectivity index (χ4v) is 2.95. The number of nitrogens with zero attached hydrogens (tertiary/aromatic N) is 1. The Morgan fingerprint density at radius 1 is 1.10 bits per heavy atom. The van der Waals surface area contributed by atoms with E-state index in [0.29, 0.717) is 16.0 Å². The zero-order valence-electron chi connectivity index (χ0n) is 10.3. The van der Waals surface area contributed by atoms with Gasteiger partial charge in [-0.2, -0.15) is 0 Å². The van der Waals surface area contributed by atoms with Gasteiger partial charge in [-0.05, 0) is 35.6 Å². The number of carbonyl (C=O) groups excluding carboxylic acids is 1. The van der Waals surface area contributed by atoms with Crippen LogP contribution in [0.3, 0.4) is 0 Å². The van der Waals surface area contributed by atoms with Crippen LogP contribution in [0.2, 0.25) is 0 Å². The monoisotopic (exact) mass is 289 g/mol. The standard InChI is InChI=1S/C14H8FNO3S/c1-20-13-6-9-8-3-2-7(15)4-10(8)14(17)11(9)5-12(13)16(18)19/h2-6H,1H3. The second-order valence-corrected chi connectivity index (χ2v) is 5.19. The van der Waals surface area contributed by atoms with E-state index in [1.165, 1.54) is 36.0 Å². The first-order chi connectivity index (χ1) is 9.52. The first-order valence-corrected chi connectivity index (χ1v) is 6.96. The quantitative estimate of drug-likeness (QED) is 0.410. The van der Waals surface area contributed by atoms with Gasteiger partial charge in [0.25, 0.3) is 5.69 Å². The van der Waals surface area contributed by atoms with Gasteiger partial charge in [0.15, 0.2) is 5.78 Å². The molecule has 20 heavy (non-hydrogen) atoms. The molecular weight excluding hydrogens is 281 g/mol. The summed E-state index contributed by atoms with van der Waals surface area (Å²) in [5, 5.41) is 11.0. The third kappa shape index (κ3) is 1.72. The van der Waals surface area contributed by atoms with Gasteiger partial charge in [-0.3, -0.25) is 14.9 Å². The molecule has 0 bridgehead atoms. The van der Waals surface area contributed by atoms with Crippen LogP contribution < -0.4 is 0 Å². The summed E-state index contributed by atoms with van der Waals surface area (Å²) in [5.41, 5.74) is 1.66. The van der Waals surface area contributed by atoms with E-state index in [-0.39, 0.29) is 22.6 Å². The molecule has 2 aromatic carbocycles. The van der Waals surface area contributed by atoms with Crippen LogP contribution >= 0.6 is 11.8 Å². The number of hydrogen-bond acceptors (Lipinski definition) is 4. The summed E-state index contributed by atoms with van der Waals surface area (Å²) < 4.78 is 13.2. The molecule has 0 aromatic heterocycles. The average molecular weight is 289 g/mol. The van der Waals surface area contributed by atoms with E-state index in [2.05, 4.69) is 0 Å². The lowest BCUT2D eigenvalue weighted by atomic mass is 10.1. The summed E-state index contributed by atoms with van der Waals surface area (Å²) in [5.74, 6) is -0.866. The topological polar surface area (TPSA) is 60.2 Å². The highest BCUT2D eigenvalue weighted by molar-refractivity contribution is 7.98. The van der Waals surface area contributed by atoms with Crippen molar-refractivity contribution < 1.29 is 14.1 Å². The van der Waals surface area contributed by atoms with Crippen LogP contribution in [0.4, 0.5) is 10.1 Å². The smallest absolute Gasteiger partial charge is 0.283 e. The molecule has 6 heteroatoms. The molecule has 0 radical (unpaired) electrons. The fourth-order valence-electron chi connectivity index (χ4n) is 2.37. The molecule has 1 aliphatic carbocycles. The van der Waals surface area contributed by atoms with Crippen molar-refractivity contribution >= 4 is 23.2 Å². The Morgan fingerprint density at radius 3 is 2.45 bits per heavy atom. The Kier molecular flexibility index (Phi) is 2.83. The van der Waals surface area contributed by atoms with E-state index in [9.17, 15) is 19.3 Å². The number of nitro groups is 1. The third-order valence-electron chi connectivity index (χ3n) is 3.28. The van der Waals surface area contributed by atoms with Crippen LogP contribution in [0.5, 0.6) is 0 Å². The van der Waals surface area contributed by atoms with Crippen LogP contribution in [0.15, 0.2) is 35.2 Å². The maximum atomic E-state index is 13.2. The van der Waals surface area contributed by atoms with Crippen molar-refractivity contribution in [2.24, 2.45) is 0 Å². The molecule has 0 aliphatic heterocycles. The highest BCUT2D eigenvalue weighted by atomic mass is 32.2. The number of hydrogen-bond donors (Lipinski definition) is 0. The van der Waals surface area contributed by atoms with Crippen LogP contribution in [-0.4, -0.2) is 17.0 Å². The van der Waals surface area contributed by atoms with Crippen molar-refractivity contribution in [3.8, 4) is 11.1 Å². The fraction of sp³-hybridized carbons (Fsp3) is 0.0714. The molecule has 0 heterocycles. The van der Waals surface area contributed by atoms with E-state index in [4.69, 9.17) is 0 Å². The van der Waals surface area contributed by atoms with Gasteiger partial charge in [0.1, 0.15) is 5.82 Å². The van der Waals surface area contributed by atoms with Crippen LogP contribution in [0.25, 0.3) is 11.1 Å². The highest BCUT2D eigenvalue weighted by Gasteiger charge is 2.30. The van der Waals surface area contributed by atoms with Gasteiger partial charge in [0, 0.05) is 17.2 Å². The van der Waals surface area contributed by atoms with Crippen molar-refractivity contribution in [2.45, 2.75) is 4.90 Å². The number of halogens is 1. The van der Waals surface area contributed by atoms with E-state index < -0.39 is 10.7 Å². The maximum Gasteiger partial charge on any atom is 0.283 e. The molecular formula is C14H8FNO3S. The lowest BCUT2D eigenvalue weighted by molar-refractivity contribution is -0.387. The summed E-state index contributed by atoms with van der Waals surface area (Å²) in [4.78, 5) is 23.2. The molecule has 4 nitrogen and oxygen atoms in total. The molecule has 0 atom stereocenters. The van der Waals surface area contributed by atoms with Gasteiger partial charge in [-0.25, -0.2) is 4.39 Å². The number of nitro benzene ring substituents is 1. The van der Waals surface area contributed by atoms with Crippen LogP contribution in [-0.2, 0) is 0 Å². The number of fused-ring (bicyclic) bond motifs is 3. The zero-order chi connectivity index (χ0) is 14.4. The van der Waals surface area contributed by atoms with Gasteiger partial charge >= 0.3 is 0 Å². The molecule has 0 saturated heterocycles. The second kappa shape index (κ2) is 4.42. The van der Waals surface area contributed by atoms with E-state index >= 15 is 0 Å². The lowest BCUT2D eigenvalue weighted by Gasteiger charge is -2.04. The molecule has 1 aliphatic rings. The number of carbonyl (C=O) groups is 1. The number of rotatable bonds is 2. The lowest BCUT2D eigenvalue weighted by Crippen LogP contribution is -1.98. The molecule has 0 spiro atoms. The van der Waals surface area contributed by atoms with Crippen molar-refractivity contribution in [3.05, 3.63) is 57.4 Å². The summed E-state index contributed by atoms with van der Waals surface area (Å²) >= 11 is 1.24. The minimum Gasteiger partial charge on any atom is -0.289 e. The summed E-state index contributed by atoms with van der Waals surface area (Å²) in [6.45, 7) is 0. The second-order valence-electron chi connectivity index (χ2n) is 4.35. The van der Waals surface area contributed by atoms with Gasteiger partial charge in [-0.15, -0.1) is 11.8 Å². The number of thioether (sulfide) groups is 1. The summed E-state index contributed by atoms with van der Waals surface area (Å²) in [6, 6.07) is 6.88. The molecule has 0 unspecified atom stereocenters. The minimum absolute atomic E-state index is 0.0992. The van der Waals surface area contributed by atoms with Crippen molar-refractivity contribution in [1.29, 1.82) is 0 Å². The number of benzene rings is 2. The van der Waals surface area contributed by atoms with Crippen LogP contribution in [0.1, 0.15) is 15.9 Å². The van der Waals surface area contributed by atoms with E-state index in [1.54, 1.807) is 12.3 Å². The maximum absolute atomic E-state index is 13.2. The molecule has 0 N–H and O–H groups in total. The summed E-state index contributed by atoms with van der Waals surface area (Å²) in [6.07, 6.45) is 1.73. The zero-order valence-corrected chi connectivity index (χ0v) is 11.2.